The molecule has 4 rings (SSSR count). The molecule has 2 aromatic carbocycles. The van der Waals surface area contributed by atoms with Crippen molar-refractivity contribution in [1.29, 1.82) is 0 Å². The average Bonchev–Trinajstić information content (AvgIpc) is 2.77. The van der Waals surface area contributed by atoms with Gasteiger partial charge in [-0.3, -0.25) is 0 Å². The molecule has 0 unspecified atom stereocenters. The predicted molar refractivity (Wildman–Crippen MR) is 109 cm³/mol. The van der Waals surface area contributed by atoms with E-state index in [9.17, 15) is 8.78 Å². The van der Waals surface area contributed by atoms with Crippen molar-refractivity contribution in [2.75, 3.05) is 48.4 Å². The molecular formula is C21H21F2N5O. The maximum absolute atomic E-state index is 13.9. The average molecular weight is 397 g/mol. The topological polar surface area (TPSA) is 53.5 Å². The van der Waals surface area contributed by atoms with Crippen LogP contribution in [0.2, 0.25) is 0 Å². The molecule has 0 aliphatic carbocycles. The number of benzene rings is 2. The van der Waals surface area contributed by atoms with Crippen molar-refractivity contribution < 1.29 is 13.5 Å². The van der Waals surface area contributed by atoms with E-state index in [4.69, 9.17) is 4.74 Å². The number of ether oxygens (including phenoxy) is 1. The number of aromatic nitrogens is 2. The molecule has 0 radical (unpaired) electrons. The summed E-state index contributed by atoms with van der Waals surface area (Å²) in [6, 6.07) is 13.4. The van der Waals surface area contributed by atoms with E-state index in [1.165, 1.54) is 18.2 Å². The summed E-state index contributed by atoms with van der Waals surface area (Å²) in [6.45, 7) is 3.11. The third kappa shape index (κ3) is 4.06. The van der Waals surface area contributed by atoms with Gasteiger partial charge in [0.15, 0.2) is 0 Å². The van der Waals surface area contributed by atoms with Crippen LogP contribution in [0.25, 0.3) is 0 Å². The number of nitrogens with one attached hydrogen (secondary N) is 1. The second kappa shape index (κ2) is 8.30. The Morgan fingerprint density at radius 3 is 2.31 bits per heavy atom. The van der Waals surface area contributed by atoms with Gasteiger partial charge in [0.05, 0.1) is 12.8 Å². The number of para-hydroxylation sites is 3. The van der Waals surface area contributed by atoms with Gasteiger partial charge >= 0.3 is 0 Å². The zero-order chi connectivity index (χ0) is 20.2. The van der Waals surface area contributed by atoms with E-state index >= 15 is 0 Å². The molecule has 1 fully saturated rings. The van der Waals surface area contributed by atoms with Gasteiger partial charge in [0.2, 0.25) is 5.95 Å². The Hall–Kier alpha value is -3.42. The summed E-state index contributed by atoms with van der Waals surface area (Å²) < 4.78 is 33.2. The minimum Gasteiger partial charge on any atom is -0.495 e. The third-order valence-corrected chi connectivity index (χ3v) is 4.87. The van der Waals surface area contributed by atoms with Crippen LogP contribution in [0.3, 0.4) is 0 Å². The lowest BCUT2D eigenvalue weighted by molar-refractivity contribution is 0.413. The van der Waals surface area contributed by atoms with Gasteiger partial charge in [-0.1, -0.05) is 18.2 Å². The van der Waals surface area contributed by atoms with Crippen LogP contribution in [0, 0.1) is 11.6 Å². The van der Waals surface area contributed by atoms with Gasteiger partial charge in [0.1, 0.15) is 28.9 Å². The summed E-state index contributed by atoms with van der Waals surface area (Å²) in [5, 5.41) is 2.64. The molecule has 0 bridgehead atoms. The fourth-order valence-corrected chi connectivity index (χ4v) is 3.38. The summed E-state index contributed by atoms with van der Waals surface area (Å²) >= 11 is 0. The molecule has 1 saturated heterocycles. The van der Waals surface area contributed by atoms with Gasteiger partial charge in [-0.2, -0.15) is 4.98 Å². The van der Waals surface area contributed by atoms with Crippen LogP contribution in [0.4, 0.5) is 31.9 Å². The molecule has 0 atom stereocenters. The van der Waals surface area contributed by atoms with E-state index in [1.807, 2.05) is 24.3 Å². The molecule has 29 heavy (non-hydrogen) atoms. The predicted octanol–water partition coefficient (Wildman–Crippen LogP) is 3.83. The fraction of sp³-hybridized carbons (Fsp3) is 0.238. The standard InChI is InChI=1S/C21H21F2N5O/c1-29-18-8-3-2-7-17(18)27-11-13-28(14-12-27)19-9-10-24-21(25-19)26-20-15(22)5-4-6-16(20)23/h2-10H,11-14H2,1H3,(H,24,25,26). The fourth-order valence-electron chi connectivity index (χ4n) is 3.38. The first kappa shape index (κ1) is 18.9. The Bertz CT molecular complexity index is 972. The van der Waals surface area contributed by atoms with Crippen molar-refractivity contribution >= 4 is 23.1 Å². The normalized spacial score (nSPS) is 14.0. The highest BCUT2D eigenvalue weighted by Crippen LogP contribution is 2.29. The Labute approximate surface area is 167 Å². The number of nitrogens with zero attached hydrogens (tertiary/aromatic N) is 4. The number of hydrogen-bond donors (Lipinski definition) is 1. The third-order valence-electron chi connectivity index (χ3n) is 4.87. The van der Waals surface area contributed by atoms with Gasteiger partial charge < -0.3 is 19.9 Å². The number of halogens is 2. The van der Waals surface area contributed by atoms with E-state index in [2.05, 4.69) is 25.1 Å². The lowest BCUT2D eigenvalue weighted by Gasteiger charge is -2.37. The second-order valence-corrected chi connectivity index (χ2v) is 6.61. The minimum atomic E-state index is -0.690. The van der Waals surface area contributed by atoms with Gasteiger partial charge in [-0.25, -0.2) is 13.8 Å². The van der Waals surface area contributed by atoms with Gasteiger partial charge in [0.25, 0.3) is 0 Å². The Morgan fingerprint density at radius 2 is 1.59 bits per heavy atom. The monoisotopic (exact) mass is 397 g/mol. The summed E-state index contributed by atoms with van der Waals surface area (Å²) in [7, 11) is 1.67. The van der Waals surface area contributed by atoms with E-state index in [0.29, 0.717) is 5.82 Å². The van der Waals surface area contributed by atoms with Gasteiger partial charge in [0, 0.05) is 32.4 Å². The van der Waals surface area contributed by atoms with E-state index < -0.39 is 11.6 Å². The Balaban J connectivity index is 1.46. The van der Waals surface area contributed by atoms with Crippen LogP contribution < -0.4 is 19.9 Å². The molecule has 1 aliphatic heterocycles. The zero-order valence-corrected chi connectivity index (χ0v) is 16.0. The van der Waals surface area contributed by atoms with Gasteiger partial charge in [-0.15, -0.1) is 0 Å². The van der Waals surface area contributed by atoms with Crippen molar-refractivity contribution in [3.8, 4) is 5.75 Å². The largest absolute Gasteiger partial charge is 0.495 e. The van der Waals surface area contributed by atoms with Crippen molar-refractivity contribution in [2.24, 2.45) is 0 Å². The van der Waals surface area contributed by atoms with Crippen LogP contribution in [-0.4, -0.2) is 43.3 Å². The maximum atomic E-state index is 13.9. The molecular weight excluding hydrogens is 376 g/mol. The number of anilines is 4. The van der Waals surface area contributed by atoms with Crippen molar-refractivity contribution in [1.82, 2.24) is 9.97 Å². The van der Waals surface area contributed by atoms with Crippen molar-refractivity contribution in [3.63, 3.8) is 0 Å². The van der Waals surface area contributed by atoms with E-state index in [-0.39, 0.29) is 11.6 Å². The number of hydrogen-bond acceptors (Lipinski definition) is 6. The summed E-state index contributed by atoms with van der Waals surface area (Å²) in [6.07, 6.45) is 1.58. The maximum Gasteiger partial charge on any atom is 0.229 e. The number of methoxy groups -OCH3 is 1. The molecule has 0 saturated carbocycles. The van der Waals surface area contributed by atoms with E-state index in [1.54, 1.807) is 19.4 Å². The zero-order valence-electron chi connectivity index (χ0n) is 16.0. The van der Waals surface area contributed by atoms with Crippen LogP contribution in [0.1, 0.15) is 0 Å². The first-order chi connectivity index (χ1) is 14.2. The van der Waals surface area contributed by atoms with E-state index in [0.717, 1.165) is 37.6 Å². The molecule has 0 amide bonds. The van der Waals surface area contributed by atoms with Crippen LogP contribution in [0.15, 0.2) is 54.7 Å². The lowest BCUT2D eigenvalue weighted by Crippen LogP contribution is -2.47. The molecule has 1 aromatic heterocycles. The van der Waals surface area contributed by atoms with Crippen LogP contribution >= 0.6 is 0 Å². The molecule has 2 heterocycles. The lowest BCUT2D eigenvalue weighted by atomic mass is 10.2. The summed E-state index contributed by atoms with van der Waals surface area (Å²) in [5.74, 6) is 0.327. The van der Waals surface area contributed by atoms with Crippen LogP contribution in [0.5, 0.6) is 5.75 Å². The highest BCUT2D eigenvalue weighted by molar-refractivity contribution is 5.60. The summed E-state index contributed by atoms with van der Waals surface area (Å²) in [5.41, 5.74) is 0.806. The summed E-state index contributed by atoms with van der Waals surface area (Å²) in [4.78, 5) is 12.9. The highest BCUT2D eigenvalue weighted by atomic mass is 19.1. The molecule has 3 aromatic rings. The van der Waals surface area contributed by atoms with Crippen LogP contribution in [-0.2, 0) is 0 Å². The first-order valence-electron chi connectivity index (χ1n) is 9.32. The Kier molecular flexibility index (Phi) is 5.41. The molecule has 6 nitrogen and oxygen atoms in total. The minimum absolute atomic E-state index is 0.152. The number of piperazine rings is 1. The Morgan fingerprint density at radius 1 is 0.897 bits per heavy atom. The molecule has 0 spiro atoms. The molecule has 150 valence electrons. The SMILES string of the molecule is COc1ccccc1N1CCN(c2ccnc(Nc3c(F)cccc3F)n2)CC1. The van der Waals surface area contributed by atoms with Crippen molar-refractivity contribution in [3.05, 3.63) is 66.4 Å². The van der Waals surface area contributed by atoms with Gasteiger partial charge in [-0.05, 0) is 30.3 Å². The van der Waals surface area contributed by atoms with Crippen molar-refractivity contribution in [2.45, 2.75) is 0 Å². The quantitative estimate of drug-likeness (QED) is 0.706. The smallest absolute Gasteiger partial charge is 0.229 e. The molecule has 1 aliphatic rings. The first-order valence-corrected chi connectivity index (χ1v) is 9.32. The number of rotatable bonds is 5. The molecule has 1 N–H and O–H groups in total. The second-order valence-electron chi connectivity index (χ2n) is 6.61. The molecule has 8 heteroatoms. The highest BCUT2D eigenvalue weighted by Gasteiger charge is 2.21.